The summed E-state index contributed by atoms with van der Waals surface area (Å²) in [6, 6.07) is 11.3. The first-order valence-corrected chi connectivity index (χ1v) is 8.33. The molecule has 0 atom stereocenters. The molecular weight excluding hydrogens is 349 g/mol. The fraction of sp³-hybridized carbons (Fsp3) is 0.333. The molecule has 0 saturated heterocycles. The number of benzene rings is 2. The molecule has 0 heterocycles. The van der Waals surface area contributed by atoms with E-state index < -0.39 is 0 Å². The zero-order valence-electron chi connectivity index (χ0n) is 13.8. The second kappa shape index (κ2) is 9.74. The minimum absolute atomic E-state index is 0.363. The summed E-state index contributed by atoms with van der Waals surface area (Å²) in [6.45, 7) is 2.46. The lowest BCUT2D eigenvalue weighted by Crippen LogP contribution is -2.18. The van der Waals surface area contributed by atoms with Gasteiger partial charge in [-0.2, -0.15) is 0 Å². The molecule has 0 aromatic heterocycles. The molecule has 0 saturated carbocycles. The van der Waals surface area contributed by atoms with Crippen LogP contribution in [0.3, 0.4) is 0 Å². The lowest BCUT2D eigenvalue weighted by Gasteiger charge is -2.15. The molecule has 2 aromatic carbocycles. The Morgan fingerprint density at radius 2 is 1.88 bits per heavy atom. The van der Waals surface area contributed by atoms with Gasteiger partial charge in [-0.05, 0) is 35.4 Å². The molecule has 0 amide bonds. The molecule has 0 spiro atoms. The lowest BCUT2D eigenvalue weighted by molar-refractivity contribution is 0.199. The van der Waals surface area contributed by atoms with Crippen molar-refractivity contribution in [1.82, 2.24) is 5.32 Å². The van der Waals surface area contributed by atoms with Crippen LogP contribution in [0.25, 0.3) is 0 Å². The zero-order chi connectivity index (χ0) is 17.4. The van der Waals surface area contributed by atoms with Crippen LogP contribution in [0.4, 0.5) is 0 Å². The summed E-state index contributed by atoms with van der Waals surface area (Å²) in [6.07, 6.45) is 0. The van der Waals surface area contributed by atoms with Gasteiger partial charge in [0, 0.05) is 25.2 Å². The molecule has 130 valence electrons. The van der Waals surface area contributed by atoms with Gasteiger partial charge < -0.3 is 19.5 Å². The van der Waals surface area contributed by atoms with Crippen molar-refractivity contribution in [3.8, 4) is 11.5 Å². The monoisotopic (exact) mass is 369 g/mol. The Kier molecular flexibility index (Phi) is 7.66. The van der Waals surface area contributed by atoms with E-state index in [0.29, 0.717) is 41.3 Å². The van der Waals surface area contributed by atoms with Crippen LogP contribution in [-0.2, 0) is 17.9 Å². The van der Waals surface area contributed by atoms with E-state index in [1.54, 1.807) is 14.2 Å². The molecule has 0 radical (unpaired) electrons. The van der Waals surface area contributed by atoms with E-state index in [0.717, 1.165) is 17.7 Å². The Morgan fingerprint density at radius 3 is 2.58 bits per heavy atom. The predicted octanol–water partition coefficient (Wildman–Crippen LogP) is 4.32. The summed E-state index contributed by atoms with van der Waals surface area (Å²) in [7, 11) is 3.27. The van der Waals surface area contributed by atoms with Crippen LogP contribution in [-0.4, -0.2) is 27.4 Å². The second-order valence-corrected chi connectivity index (χ2v) is 6.04. The largest absolute Gasteiger partial charge is 0.493 e. The minimum atomic E-state index is 0.363. The maximum absolute atomic E-state index is 6.37. The van der Waals surface area contributed by atoms with Gasteiger partial charge in [0.2, 0.25) is 0 Å². The zero-order valence-corrected chi connectivity index (χ0v) is 15.3. The molecule has 6 heteroatoms. The SMILES string of the molecule is COCCNCc1cc(Cl)c(OCc2cccc(Cl)c2)c(OC)c1. The number of hydrogen-bond acceptors (Lipinski definition) is 4. The van der Waals surface area contributed by atoms with E-state index in [2.05, 4.69) is 5.32 Å². The number of rotatable bonds is 9. The molecule has 24 heavy (non-hydrogen) atoms. The average Bonchev–Trinajstić information content (AvgIpc) is 2.57. The number of nitrogens with one attached hydrogen (secondary N) is 1. The Bertz CT molecular complexity index is 665. The van der Waals surface area contributed by atoms with E-state index in [-0.39, 0.29) is 0 Å². The number of methoxy groups -OCH3 is 2. The normalized spacial score (nSPS) is 10.7. The van der Waals surface area contributed by atoms with Gasteiger partial charge in [-0.15, -0.1) is 0 Å². The van der Waals surface area contributed by atoms with Gasteiger partial charge >= 0.3 is 0 Å². The van der Waals surface area contributed by atoms with Gasteiger partial charge in [-0.3, -0.25) is 0 Å². The summed E-state index contributed by atoms with van der Waals surface area (Å²) in [5, 5.41) is 4.46. The van der Waals surface area contributed by atoms with Gasteiger partial charge in [-0.1, -0.05) is 35.3 Å². The quantitative estimate of drug-likeness (QED) is 0.668. The van der Waals surface area contributed by atoms with E-state index >= 15 is 0 Å². The van der Waals surface area contributed by atoms with Crippen LogP contribution in [0.15, 0.2) is 36.4 Å². The van der Waals surface area contributed by atoms with Crippen LogP contribution >= 0.6 is 23.2 Å². The maximum atomic E-state index is 6.37. The van der Waals surface area contributed by atoms with Crippen molar-refractivity contribution < 1.29 is 14.2 Å². The number of halogens is 2. The highest BCUT2D eigenvalue weighted by atomic mass is 35.5. The van der Waals surface area contributed by atoms with E-state index in [1.807, 2.05) is 36.4 Å². The highest BCUT2D eigenvalue weighted by Gasteiger charge is 2.12. The first-order valence-electron chi connectivity index (χ1n) is 7.57. The Morgan fingerprint density at radius 1 is 1.04 bits per heavy atom. The van der Waals surface area contributed by atoms with Crippen molar-refractivity contribution in [1.29, 1.82) is 0 Å². The molecule has 0 unspecified atom stereocenters. The van der Waals surface area contributed by atoms with Gasteiger partial charge in [0.05, 0.1) is 18.7 Å². The van der Waals surface area contributed by atoms with Gasteiger partial charge in [0.15, 0.2) is 11.5 Å². The van der Waals surface area contributed by atoms with Gasteiger partial charge in [0.25, 0.3) is 0 Å². The Balaban J connectivity index is 2.06. The fourth-order valence-corrected chi connectivity index (χ4v) is 2.71. The van der Waals surface area contributed by atoms with Crippen LogP contribution in [0.1, 0.15) is 11.1 Å². The van der Waals surface area contributed by atoms with E-state index in [4.69, 9.17) is 37.4 Å². The number of ether oxygens (including phenoxy) is 3. The van der Waals surface area contributed by atoms with E-state index in [1.165, 1.54) is 0 Å². The average molecular weight is 370 g/mol. The fourth-order valence-electron chi connectivity index (χ4n) is 2.20. The predicted molar refractivity (Wildman–Crippen MR) is 97.4 cm³/mol. The molecule has 2 aromatic rings. The summed E-state index contributed by atoms with van der Waals surface area (Å²) in [5.41, 5.74) is 1.98. The van der Waals surface area contributed by atoms with Crippen molar-refractivity contribution in [2.75, 3.05) is 27.4 Å². The van der Waals surface area contributed by atoms with Crippen molar-refractivity contribution in [3.05, 3.63) is 57.6 Å². The smallest absolute Gasteiger partial charge is 0.180 e. The molecule has 0 aliphatic carbocycles. The van der Waals surface area contributed by atoms with Crippen molar-refractivity contribution in [2.24, 2.45) is 0 Å². The van der Waals surface area contributed by atoms with Crippen LogP contribution in [0, 0.1) is 0 Å². The first-order chi connectivity index (χ1) is 11.6. The van der Waals surface area contributed by atoms with Crippen molar-refractivity contribution >= 4 is 23.2 Å². The molecule has 0 aliphatic rings. The highest BCUT2D eigenvalue weighted by Crippen LogP contribution is 2.37. The lowest BCUT2D eigenvalue weighted by atomic mass is 10.2. The Hall–Kier alpha value is -1.46. The molecule has 0 bridgehead atoms. The number of hydrogen-bond donors (Lipinski definition) is 1. The maximum Gasteiger partial charge on any atom is 0.180 e. The first kappa shape index (κ1) is 18.9. The molecule has 4 nitrogen and oxygen atoms in total. The topological polar surface area (TPSA) is 39.7 Å². The van der Waals surface area contributed by atoms with E-state index in [9.17, 15) is 0 Å². The molecule has 0 fully saturated rings. The van der Waals surface area contributed by atoms with Crippen LogP contribution in [0.2, 0.25) is 10.0 Å². The Labute approximate surface area is 152 Å². The van der Waals surface area contributed by atoms with Crippen LogP contribution < -0.4 is 14.8 Å². The standard InChI is InChI=1S/C18H21Cl2NO3/c1-22-7-6-21-11-14-9-16(20)18(17(10-14)23-2)24-12-13-4-3-5-15(19)8-13/h3-5,8-10,21H,6-7,11-12H2,1-2H3. The van der Waals surface area contributed by atoms with Crippen molar-refractivity contribution in [2.45, 2.75) is 13.2 Å². The third-order valence-electron chi connectivity index (χ3n) is 3.37. The summed E-state index contributed by atoms with van der Waals surface area (Å²) < 4.78 is 16.3. The minimum Gasteiger partial charge on any atom is -0.493 e. The summed E-state index contributed by atoms with van der Waals surface area (Å²) in [5.74, 6) is 1.13. The summed E-state index contributed by atoms with van der Waals surface area (Å²) in [4.78, 5) is 0. The third kappa shape index (κ3) is 5.56. The molecule has 2 rings (SSSR count). The molecule has 1 N–H and O–H groups in total. The van der Waals surface area contributed by atoms with Crippen LogP contribution in [0.5, 0.6) is 11.5 Å². The van der Waals surface area contributed by atoms with Gasteiger partial charge in [-0.25, -0.2) is 0 Å². The second-order valence-electron chi connectivity index (χ2n) is 5.20. The van der Waals surface area contributed by atoms with Gasteiger partial charge in [0.1, 0.15) is 6.61 Å². The summed E-state index contributed by atoms with van der Waals surface area (Å²) >= 11 is 12.4. The molecular formula is C18H21Cl2NO3. The third-order valence-corrected chi connectivity index (χ3v) is 3.89. The molecule has 0 aliphatic heterocycles. The van der Waals surface area contributed by atoms with Crippen molar-refractivity contribution in [3.63, 3.8) is 0 Å². The highest BCUT2D eigenvalue weighted by molar-refractivity contribution is 6.32.